The van der Waals surface area contributed by atoms with Gasteiger partial charge in [-0.1, -0.05) is 18.2 Å². The van der Waals surface area contributed by atoms with Crippen molar-refractivity contribution in [3.05, 3.63) is 35.4 Å². The quantitative estimate of drug-likeness (QED) is 0.855. The lowest BCUT2D eigenvalue weighted by atomic mass is 10.1. The first kappa shape index (κ1) is 14.6. The van der Waals surface area contributed by atoms with Crippen LogP contribution in [-0.2, 0) is 14.6 Å². The number of rotatable bonds is 4. The van der Waals surface area contributed by atoms with E-state index < -0.39 is 15.8 Å². The van der Waals surface area contributed by atoms with Gasteiger partial charge in [-0.2, -0.15) is 0 Å². The molecule has 1 aliphatic heterocycles. The minimum Gasteiger partial charge on any atom is -0.488 e. The van der Waals surface area contributed by atoms with E-state index >= 15 is 0 Å². The van der Waals surface area contributed by atoms with Crippen molar-refractivity contribution >= 4 is 21.9 Å². The van der Waals surface area contributed by atoms with Gasteiger partial charge in [0.05, 0.1) is 11.5 Å². The normalized spacial score (nSPS) is 21.1. The number of carboxylic acids is 1. The van der Waals surface area contributed by atoms with Crippen LogP contribution in [0.2, 0.25) is 0 Å². The summed E-state index contributed by atoms with van der Waals surface area (Å²) in [4.78, 5) is 10.6. The molecule has 0 aromatic heterocycles. The van der Waals surface area contributed by atoms with Gasteiger partial charge in [0.15, 0.2) is 9.84 Å². The molecule has 1 atom stereocenters. The lowest BCUT2D eigenvalue weighted by Gasteiger charge is -2.16. The van der Waals surface area contributed by atoms with E-state index in [4.69, 9.17) is 9.84 Å². The largest absolute Gasteiger partial charge is 0.488 e. The van der Waals surface area contributed by atoms with Crippen LogP contribution in [0.5, 0.6) is 5.75 Å². The molecule has 1 fully saturated rings. The molecule has 1 aliphatic rings. The Kier molecular flexibility index (Phi) is 4.13. The summed E-state index contributed by atoms with van der Waals surface area (Å²) in [5.74, 6) is -0.333. The molecule has 1 N–H and O–H groups in total. The van der Waals surface area contributed by atoms with E-state index in [2.05, 4.69) is 0 Å². The third kappa shape index (κ3) is 3.60. The van der Waals surface area contributed by atoms with Crippen LogP contribution in [0.15, 0.2) is 24.3 Å². The fraction of sp³-hybridized carbons (Fsp3) is 0.357. The van der Waals surface area contributed by atoms with Crippen molar-refractivity contribution in [1.29, 1.82) is 0 Å². The summed E-state index contributed by atoms with van der Waals surface area (Å²) in [7, 11) is -3.00. The van der Waals surface area contributed by atoms with Crippen molar-refractivity contribution in [1.82, 2.24) is 0 Å². The number of para-hydroxylation sites is 1. The van der Waals surface area contributed by atoms with E-state index in [1.54, 1.807) is 12.1 Å². The molecule has 108 valence electrons. The fourth-order valence-corrected chi connectivity index (χ4v) is 3.74. The Labute approximate surface area is 117 Å². The second-order valence-corrected chi connectivity index (χ2v) is 7.04. The lowest BCUT2D eigenvalue weighted by molar-refractivity contribution is -0.131. The summed E-state index contributed by atoms with van der Waals surface area (Å²) in [6.45, 7) is 1.84. The van der Waals surface area contributed by atoms with Gasteiger partial charge >= 0.3 is 5.97 Å². The molecule has 0 bridgehead atoms. The molecular weight excluding hydrogens is 280 g/mol. The SMILES string of the molecule is Cc1cccc(/C=C/C(=O)O)c1OC1CCS(=O)(=O)C1. The highest BCUT2D eigenvalue weighted by Crippen LogP contribution is 2.28. The molecular formula is C14H16O5S. The van der Waals surface area contributed by atoms with E-state index in [1.165, 1.54) is 6.08 Å². The summed E-state index contributed by atoms with van der Waals surface area (Å²) in [6, 6.07) is 5.39. The van der Waals surface area contributed by atoms with Gasteiger partial charge in [-0.15, -0.1) is 0 Å². The van der Waals surface area contributed by atoms with Gasteiger partial charge in [-0.05, 0) is 25.0 Å². The van der Waals surface area contributed by atoms with E-state index in [1.807, 2.05) is 13.0 Å². The minimum atomic E-state index is -3.00. The average molecular weight is 296 g/mol. The molecule has 1 aromatic rings. The first-order valence-electron chi connectivity index (χ1n) is 6.25. The molecule has 0 radical (unpaired) electrons. The number of ether oxygens (including phenoxy) is 1. The molecule has 1 saturated heterocycles. The highest BCUT2D eigenvalue weighted by Gasteiger charge is 2.30. The average Bonchev–Trinajstić information content (AvgIpc) is 2.69. The zero-order chi connectivity index (χ0) is 14.8. The number of hydrogen-bond acceptors (Lipinski definition) is 4. The van der Waals surface area contributed by atoms with Crippen LogP contribution in [0.4, 0.5) is 0 Å². The number of benzene rings is 1. The Bertz CT molecular complexity index is 646. The predicted molar refractivity (Wildman–Crippen MR) is 75.5 cm³/mol. The van der Waals surface area contributed by atoms with Gasteiger partial charge in [-0.25, -0.2) is 13.2 Å². The molecule has 0 spiro atoms. The van der Waals surface area contributed by atoms with Crippen molar-refractivity contribution in [3.63, 3.8) is 0 Å². The molecule has 6 heteroatoms. The number of carbonyl (C=O) groups is 1. The number of aryl methyl sites for hydroxylation is 1. The first-order valence-corrected chi connectivity index (χ1v) is 8.07. The maximum Gasteiger partial charge on any atom is 0.328 e. The Hall–Kier alpha value is -1.82. The first-order chi connectivity index (χ1) is 9.37. The van der Waals surface area contributed by atoms with Crippen LogP contribution in [0.3, 0.4) is 0 Å². The highest BCUT2D eigenvalue weighted by atomic mass is 32.2. The second-order valence-electron chi connectivity index (χ2n) is 4.81. The van der Waals surface area contributed by atoms with E-state index in [0.29, 0.717) is 17.7 Å². The van der Waals surface area contributed by atoms with E-state index in [-0.39, 0.29) is 17.6 Å². The van der Waals surface area contributed by atoms with Crippen molar-refractivity contribution in [2.45, 2.75) is 19.4 Å². The monoisotopic (exact) mass is 296 g/mol. The van der Waals surface area contributed by atoms with Gasteiger partial charge < -0.3 is 9.84 Å². The third-order valence-electron chi connectivity index (χ3n) is 3.12. The van der Waals surface area contributed by atoms with Gasteiger partial charge in [-0.3, -0.25) is 0 Å². The van der Waals surface area contributed by atoms with Crippen LogP contribution in [0, 0.1) is 6.92 Å². The minimum absolute atomic E-state index is 0.0173. The summed E-state index contributed by atoms with van der Waals surface area (Å²) >= 11 is 0. The van der Waals surface area contributed by atoms with Gasteiger partial charge in [0.1, 0.15) is 11.9 Å². The predicted octanol–water partition coefficient (Wildman–Crippen LogP) is 1.66. The van der Waals surface area contributed by atoms with Crippen LogP contribution >= 0.6 is 0 Å². The standard InChI is InChI=1S/C14H16O5S/c1-10-3-2-4-11(5-6-13(15)16)14(10)19-12-7-8-20(17,18)9-12/h2-6,12H,7-9H2,1H3,(H,15,16)/b6-5+. The maximum absolute atomic E-state index is 11.4. The summed E-state index contributed by atoms with van der Waals surface area (Å²) in [6.07, 6.45) is 2.60. The smallest absolute Gasteiger partial charge is 0.328 e. The summed E-state index contributed by atoms with van der Waals surface area (Å²) in [5.41, 5.74) is 1.48. The zero-order valence-electron chi connectivity index (χ0n) is 11.1. The number of carboxylic acid groups (broad SMARTS) is 1. The summed E-state index contributed by atoms with van der Waals surface area (Å²) in [5, 5.41) is 8.68. The molecule has 20 heavy (non-hydrogen) atoms. The van der Waals surface area contributed by atoms with Gasteiger partial charge in [0, 0.05) is 11.6 Å². The molecule has 0 amide bonds. The van der Waals surface area contributed by atoms with Crippen molar-refractivity contribution < 1.29 is 23.1 Å². The Morgan fingerprint density at radius 2 is 2.20 bits per heavy atom. The van der Waals surface area contributed by atoms with Crippen LogP contribution in [0.25, 0.3) is 6.08 Å². The Morgan fingerprint density at radius 1 is 1.45 bits per heavy atom. The molecule has 1 aromatic carbocycles. The third-order valence-corrected chi connectivity index (χ3v) is 4.86. The molecule has 2 rings (SSSR count). The van der Waals surface area contributed by atoms with Crippen LogP contribution in [0.1, 0.15) is 17.5 Å². The van der Waals surface area contributed by atoms with Crippen molar-refractivity contribution in [2.75, 3.05) is 11.5 Å². The van der Waals surface area contributed by atoms with Crippen LogP contribution in [-0.4, -0.2) is 37.1 Å². The van der Waals surface area contributed by atoms with Gasteiger partial charge in [0.2, 0.25) is 0 Å². The number of hydrogen-bond donors (Lipinski definition) is 1. The maximum atomic E-state index is 11.4. The molecule has 0 aliphatic carbocycles. The van der Waals surface area contributed by atoms with E-state index in [9.17, 15) is 13.2 Å². The van der Waals surface area contributed by atoms with Crippen LogP contribution < -0.4 is 4.74 Å². The molecule has 1 heterocycles. The number of aliphatic carboxylic acids is 1. The molecule has 5 nitrogen and oxygen atoms in total. The highest BCUT2D eigenvalue weighted by molar-refractivity contribution is 7.91. The zero-order valence-corrected chi connectivity index (χ0v) is 11.9. The topological polar surface area (TPSA) is 80.7 Å². The van der Waals surface area contributed by atoms with Gasteiger partial charge in [0.25, 0.3) is 0 Å². The fourth-order valence-electron chi connectivity index (χ4n) is 2.15. The second kappa shape index (κ2) is 5.66. The summed E-state index contributed by atoms with van der Waals surface area (Å²) < 4.78 is 28.7. The van der Waals surface area contributed by atoms with Crippen molar-refractivity contribution in [2.24, 2.45) is 0 Å². The lowest BCUT2D eigenvalue weighted by Crippen LogP contribution is -2.18. The van der Waals surface area contributed by atoms with E-state index in [0.717, 1.165) is 11.6 Å². The molecule has 0 saturated carbocycles. The van der Waals surface area contributed by atoms with Crippen molar-refractivity contribution in [3.8, 4) is 5.75 Å². The number of sulfone groups is 1. The molecule has 1 unspecified atom stereocenters. The Morgan fingerprint density at radius 3 is 2.80 bits per heavy atom. The Balaban J connectivity index is 2.24.